The van der Waals surface area contributed by atoms with Crippen LogP contribution in [0.25, 0.3) is 11.0 Å². The normalized spacial score (nSPS) is 19.3. The fourth-order valence-corrected chi connectivity index (χ4v) is 3.24. The van der Waals surface area contributed by atoms with Crippen molar-refractivity contribution < 1.29 is 4.79 Å². The summed E-state index contributed by atoms with van der Waals surface area (Å²) in [6.45, 7) is 6.32. The molecule has 1 unspecified atom stereocenters. The molecule has 112 valence electrons. The van der Waals surface area contributed by atoms with E-state index in [-0.39, 0.29) is 0 Å². The molecule has 21 heavy (non-hydrogen) atoms. The molecule has 1 fully saturated rings. The van der Waals surface area contributed by atoms with Crippen LogP contribution in [0.4, 0.5) is 0 Å². The standard InChI is InChI=1S/C16H22N4O/c1-10(2)20-13-7-3-6-12(15(17)21)14(13)19-16(20)11-5-4-8-18-9-11/h3,6-7,10-11,18H,4-5,8-9H2,1-2H3,(H2,17,21). The van der Waals surface area contributed by atoms with E-state index >= 15 is 0 Å². The van der Waals surface area contributed by atoms with Crippen molar-refractivity contribution in [3.8, 4) is 0 Å². The van der Waals surface area contributed by atoms with E-state index in [9.17, 15) is 4.79 Å². The zero-order valence-electron chi connectivity index (χ0n) is 12.6. The average molecular weight is 286 g/mol. The minimum atomic E-state index is -0.415. The first kappa shape index (κ1) is 14.1. The summed E-state index contributed by atoms with van der Waals surface area (Å²) in [5, 5.41) is 3.44. The Balaban J connectivity index is 2.21. The maximum absolute atomic E-state index is 11.6. The molecule has 3 rings (SSSR count). The number of nitrogens with one attached hydrogen (secondary N) is 1. The van der Waals surface area contributed by atoms with Crippen LogP contribution in [0.1, 0.15) is 54.8 Å². The van der Waals surface area contributed by atoms with E-state index in [1.807, 2.05) is 12.1 Å². The third kappa shape index (κ3) is 2.42. The molecule has 5 heteroatoms. The number of aromatic nitrogens is 2. The van der Waals surface area contributed by atoms with Crippen molar-refractivity contribution in [1.82, 2.24) is 14.9 Å². The molecule has 0 radical (unpaired) electrons. The van der Waals surface area contributed by atoms with Crippen LogP contribution in [-0.4, -0.2) is 28.5 Å². The summed E-state index contributed by atoms with van der Waals surface area (Å²) in [4.78, 5) is 16.4. The highest BCUT2D eigenvalue weighted by Gasteiger charge is 2.24. The van der Waals surface area contributed by atoms with E-state index in [1.165, 1.54) is 0 Å². The third-order valence-corrected chi connectivity index (χ3v) is 4.19. The Kier molecular flexibility index (Phi) is 3.68. The van der Waals surface area contributed by atoms with Crippen molar-refractivity contribution in [3.05, 3.63) is 29.6 Å². The van der Waals surface area contributed by atoms with Gasteiger partial charge in [-0.15, -0.1) is 0 Å². The molecular weight excluding hydrogens is 264 g/mol. The highest BCUT2D eigenvalue weighted by atomic mass is 16.1. The third-order valence-electron chi connectivity index (χ3n) is 4.19. The molecule has 0 saturated carbocycles. The minimum Gasteiger partial charge on any atom is -0.366 e. The molecule has 3 N–H and O–H groups in total. The topological polar surface area (TPSA) is 72.9 Å². The number of nitrogens with zero attached hydrogens (tertiary/aromatic N) is 2. The minimum absolute atomic E-state index is 0.301. The van der Waals surface area contributed by atoms with E-state index in [0.717, 1.165) is 42.8 Å². The Labute approximate surface area is 124 Å². The molecule has 1 aromatic carbocycles. The van der Waals surface area contributed by atoms with Crippen molar-refractivity contribution >= 4 is 16.9 Å². The van der Waals surface area contributed by atoms with E-state index in [1.54, 1.807) is 6.07 Å². The fraction of sp³-hybridized carbons (Fsp3) is 0.500. The summed E-state index contributed by atoms with van der Waals surface area (Å²) in [5.41, 5.74) is 7.74. The predicted octanol–water partition coefficient (Wildman–Crippen LogP) is 2.18. The smallest absolute Gasteiger partial charge is 0.250 e. The Hall–Kier alpha value is -1.88. The Morgan fingerprint density at radius 1 is 1.48 bits per heavy atom. The van der Waals surface area contributed by atoms with Crippen molar-refractivity contribution in [1.29, 1.82) is 0 Å². The van der Waals surface area contributed by atoms with Crippen molar-refractivity contribution in [3.63, 3.8) is 0 Å². The number of fused-ring (bicyclic) bond motifs is 1. The van der Waals surface area contributed by atoms with Crippen LogP contribution < -0.4 is 11.1 Å². The van der Waals surface area contributed by atoms with Gasteiger partial charge in [0.05, 0.1) is 11.1 Å². The largest absolute Gasteiger partial charge is 0.366 e. The first-order valence-electron chi connectivity index (χ1n) is 7.61. The van der Waals surface area contributed by atoms with Gasteiger partial charge in [-0.05, 0) is 45.4 Å². The molecule has 5 nitrogen and oxygen atoms in total. The number of carbonyl (C=O) groups excluding carboxylic acids is 1. The summed E-state index contributed by atoms with van der Waals surface area (Å²) in [7, 11) is 0. The number of piperidine rings is 1. The molecule has 2 heterocycles. The zero-order chi connectivity index (χ0) is 15.0. The summed E-state index contributed by atoms with van der Waals surface area (Å²) < 4.78 is 2.25. The molecule has 1 amide bonds. The molecule has 1 aromatic heterocycles. The highest BCUT2D eigenvalue weighted by Crippen LogP contribution is 2.30. The summed E-state index contributed by atoms with van der Waals surface area (Å²) >= 11 is 0. The van der Waals surface area contributed by atoms with E-state index in [2.05, 4.69) is 23.7 Å². The molecular formula is C16H22N4O. The van der Waals surface area contributed by atoms with Gasteiger partial charge in [0.15, 0.2) is 0 Å². The number of para-hydroxylation sites is 1. The lowest BCUT2D eigenvalue weighted by Gasteiger charge is -2.24. The van der Waals surface area contributed by atoms with Crippen LogP contribution in [-0.2, 0) is 0 Å². The van der Waals surface area contributed by atoms with Crippen molar-refractivity contribution in [2.75, 3.05) is 13.1 Å². The number of rotatable bonds is 3. The van der Waals surface area contributed by atoms with Gasteiger partial charge in [-0.1, -0.05) is 6.07 Å². The van der Waals surface area contributed by atoms with Crippen LogP contribution >= 0.6 is 0 Å². The highest BCUT2D eigenvalue weighted by molar-refractivity contribution is 6.04. The summed E-state index contributed by atoms with van der Waals surface area (Å²) in [6.07, 6.45) is 2.30. The van der Waals surface area contributed by atoms with Gasteiger partial charge in [-0.2, -0.15) is 0 Å². The average Bonchev–Trinajstić information content (AvgIpc) is 2.87. The Bertz CT molecular complexity index is 668. The quantitative estimate of drug-likeness (QED) is 0.908. The molecule has 0 spiro atoms. The maximum Gasteiger partial charge on any atom is 0.250 e. The number of carbonyl (C=O) groups is 1. The first-order chi connectivity index (χ1) is 10.1. The lowest BCUT2D eigenvalue weighted by atomic mass is 9.98. The van der Waals surface area contributed by atoms with Crippen LogP contribution in [0.15, 0.2) is 18.2 Å². The predicted molar refractivity (Wildman–Crippen MR) is 83.5 cm³/mol. The first-order valence-corrected chi connectivity index (χ1v) is 7.61. The van der Waals surface area contributed by atoms with E-state index in [4.69, 9.17) is 10.7 Å². The Morgan fingerprint density at radius 2 is 2.29 bits per heavy atom. The second-order valence-electron chi connectivity index (χ2n) is 6.01. The van der Waals surface area contributed by atoms with E-state index < -0.39 is 5.91 Å². The number of benzene rings is 1. The van der Waals surface area contributed by atoms with Crippen molar-refractivity contribution in [2.24, 2.45) is 5.73 Å². The van der Waals surface area contributed by atoms with Crippen molar-refractivity contribution in [2.45, 2.75) is 38.6 Å². The van der Waals surface area contributed by atoms with Crippen LogP contribution in [0.2, 0.25) is 0 Å². The zero-order valence-corrected chi connectivity index (χ0v) is 12.6. The number of hydrogen-bond acceptors (Lipinski definition) is 3. The number of primary amides is 1. The fourth-order valence-electron chi connectivity index (χ4n) is 3.24. The maximum atomic E-state index is 11.6. The number of amides is 1. The van der Waals surface area contributed by atoms with Gasteiger partial charge in [-0.3, -0.25) is 4.79 Å². The summed E-state index contributed by atoms with van der Waals surface area (Å²) in [6, 6.07) is 5.96. The molecule has 1 saturated heterocycles. The molecule has 1 aliphatic rings. The number of nitrogens with two attached hydrogens (primary N) is 1. The van der Waals surface area contributed by atoms with E-state index in [0.29, 0.717) is 17.5 Å². The van der Waals surface area contributed by atoms with Gasteiger partial charge in [-0.25, -0.2) is 4.98 Å². The van der Waals surface area contributed by atoms with Gasteiger partial charge in [0, 0.05) is 18.5 Å². The van der Waals surface area contributed by atoms with Gasteiger partial charge < -0.3 is 15.6 Å². The van der Waals surface area contributed by atoms with Crippen LogP contribution in [0, 0.1) is 0 Å². The molecule has 0 aliphatic carbocycles. The van der Waals surface area contributed by atoms with Gasteiger partial charge in [0.2, 0.25) is 0 Å². The second-order valence-corrected chi connectivity index (χ2v) is 6.01. The molecule has 2 aromatic rings. The lowest BCUT2D eigenvalue weighted by molar-refractivity contribution is 0.100. The second kappa shape index (κ2) is 5.48. The van der Waals surface area contributed by atoms with Gasteiger partial charge >= 0.3 is 0 Å². The monoisotopic (exact) mass is 286 g/mol. The van der Waals surface area contributed by atoms with Gasteiger partial charge in [0.1, 0.15) is 11.3 Å². The summed E-state index contributed by atoms with van der Waals surface area (Å²) in [5.74, 6) is 1.05. The SMILES string of the molecule is CC(C)n1c(C2CCCNC2)nc2c(C(N)=O)cccc21. The molecule has 1 atom stereocenters. The number of imidazole rings is 1. The van der Waals surface area contributed by atoms with Gasteiger partial charge in [0.25, 0.3) is 5.91 Å². The van der Waals surface area contributed by atoms with Crippen LogP contribution in [0.3, 0.4) is 0 Å². The Morgan fingerprint density at radius 3 is 2.90 bits per heavy atom. The van der Waals surface area contributed by atoms with Crippen LogP contribution in [0.5, 0.6) is 0 Å². The number of hydrogen-bond donors (Lipinski definition) is 2. The lowest BCUT2D eigenvalue weighted by Crippen LogP contribution is -2.30. The molecule has 0 bridgehead atoms. The molecule has 1 aliphatic heterocycles.